The Morgan fingerprint density at radius 2 is 1.77 bits per heavy atom. The fourth-order valence-electron chi connectivity index (χ4n) is 4.19. The number of likely N-dealkylation sites (tertiary alicyclic amines) is 2. The number of carbonyl (C=O) groups excluding carboxylic acids is 3. The van der Waals surface area contributed by atoms with Crippen LogP contribution in [-0.2, 0) is 20.9 Å². The third-order valence-corrected chi connectivity index (χ3v) is 6.18. The molecule has 2 aliphatic heterocycles. The van der Waals surface area contributed by atoms with Crippen LogP contribution in [-0.4, -0.2) is 67.6 Å². The van der Waals surface area contributed by atoms with Crippen molar-refractivity contribution in [2.75, 3.05) is 33.9 Å². The van der Waals surface area contributed by atoms with Gasteiger partial charge in [-0.2, -0.15) is 0 Å². The zero-order valence-electron chi connectivity index (χ0n) is 18.1. The summed E-state index contributed by atoms with van der Waals surface area (Å²) in [5.41, 5.74) is 0.710. The van der Waals surface area contributed by atoms with E-state index in [2.05, 4.69) is 5.32 Å². The summed E-state index contributed by atoms with van der Waals surface area (Å²) in [5, 5.41) is 2.77. The lowest BCUT2D eigenvalue weighted by molar-refractivity contribution is -0.165. The van der Waals surface area contributed by atoms with Gasteiger partial charge >= 0.3 is 12.0 Å². The number of rotatable bonds is 6. The van der Waals surface area contributed by atoms with Crippen LogP contribution in [0, 0.1) is 11.3 Å². The van der Waals surface area contributed by atoms with Gasteiger partial charge in [-0.15, -0.1) is 0 Å². The van der Waals surface area contributed by atoms with E-state index >= 15 is 0 Å². The molecule has 1 atom stereocenters. The van der Waals surface area contributed by atoms with Gasteiger partial charge in [-0.05, 0) is 36.5 Å². The first-order valence-electron chi connectivity index (χ1n) is 10.4. The molecule has 8 heteroatoms. The zero-order valence-corrected chi connectivity index (χ0v) is 18.1. The zero-order chi connectivity index (χ0) is 21.9. The number of nitrogens with one attached hydrogen (secondary N) is 1. The number of hydrogen-bond acceptors (Lipinski definition) is 5. The SMILES string of the molecule is COC(=O)C(NC(=O)N1CCC2(CC1)CN(Cc1ccc(OC)cc1)C2=O)C(C)C. The molecule has 2 aliphatic rings. The topological polar surface area (TPSA) is 88.2 Å². The van der Waals surface area contributed by atoms with Gasteiger partial charge in [-0.25, -0.2) is 9.59 Å². The van der Waals surface area contributed by atoms with E-state index in [4.69, 9.17) is 9.47 Å². The fourth-order valence-corrected chi connectivity index (χ4v) is 4.19. The van der Waals surface area contributed by atoms with Gasteiger partial charge in [0, 0.05) is 26.2 Å². The molecular weight excluding hydrogens is 386 g/mol. The number of benzene rings is 1. The minimum Gasteiger partial charge on any atom is -0.497 e. The van der Waals surface area contributed by atoms with Crippen LogP contribution in [0.1, 0.15) is 32.3 Å². The lowest BCUT2D eigenvalue weighted by Crippen LogP contribution is -2.65. The number of urea groups is 1. The van der Waals surface area contributed by atoms with Crippen molar-refractivity contribution in [3.8, 4) is 5.75 Å². The predicted octanol–water partition coefficient (Wildman–Crippen LogP) is 2.03. The van der Waals surface area contributed by atoms with Crippen LogP contribution in [0.4, 0.5) is 4.79 Å². The summed E-state index contributed by atoms with van der Waals surface area (Å²) in [6.45, 7) is 6.02. The minimum atomic E-state index is -0.677. The van der Waals surface area contributed by atoms with Gasteiger partial charge in [0.2, 0.25) is 5.91 Å². The number of ether oxygens (including phenoxy) is 2. The van der Waals surface area contributed by atoms with Gasteiger partial charge in [0.1, 0.15) is 11.8 Å². The molecule has 0 saturated carbocycles. The third kappa shape index (κ3) is 4.37. The van der Waals surface area contributed by atoms with Gasteiger partial charge in [-0.1, -0.05) is 26.0 Å². The summed E-state index contributed by atoms with van der Waals surface area (Å²) in [5.74, 6) is 0.433. The van der Waals surface area contributed by atoms with Gasteiger partial charge in [-0.3, -0.25) is 4.79 Å². The standard InChI is InChI=1S/C22H31N3O5/c1-15(2)18(19(26)30-4)23-21(28)24-11-9-22(10-12-24)14-25(20(22)27)13-16-5-7-17(29-3)8-6-16/h5-8,15,18H,9-14H2,1-4H3,(H,23,28). The van der Waals surface area contributed by atoms with Crippen molar-refractivity contribution < 1.29 is 23.9 Å². The van der Waals surface area contributed by atoms with Crippen molar-refractivity contribution in [3.05, 3.63) is 29.8 Å². The monoisotopic (exact) mass is 417 g/mol. The van der Waals surface area contributed by atoms with Gasteiger partial charge in [0.15, 0.2) is 0 Å². The summed E-state index contributed by atoms with van der Waals surface area (Å²) in [7, 11) is 2.94. The summed E-state index contributed by atoms with van der Waals surface area (Å²) < 4.78 is 9.95. The molecule has 3 amide bonds. The molecule has 8 nitrogen and oxygen atoms in total. The molecule has 164 valence electrons. The van der Waals surface area contributed by atoms with E-state index in [-0.39, 0.29) is 23.3 Å². The molecule has 2 saturated heterocycles. The van der Waals surface area contributed by atoms with Gasteiger partial charge in [0.05, 0.1) is 19.6 Å². The Hall–Kier alpha value is -2.77. The number of β-lactam (4-membered cyclic amide) rings is 1. The van der Waals surface area contributed by atoms with Crippen LogP contribution in [0.2, 0.25) is 0 Å². The summed E-state index contributed by atoms with van der Waals surface area (Å²) in [4.78, 5) is 40.9. The first kappa shape index (κ1) is 21.9. The summed E-state index contributed by atoms with van der Waals surface area (Å²) in [6, 6.07) is 6.77. The van der Waals surface area contributed by atoms with E-state index < -0.39 is 12.0 Å². The molecule has 1 unspecified atom stereocenters. The third-order valence-electron chi connectivity index (χ3n) is 6.18. The highest BCUT2D eigenvalue weighted by Gasteiger charge is 2.53. The van der Waals surface area contributed by atoms with E-state index in [1.165, 1.54) is 7.11 Å². The highest BCUT2D eigenvalue weighted by atomic mass is 16.5. The molecule has 1 N–H and O–H groups in total. The molecule has 3 rings (SSSR count). The number of amides is 3. The molecule has 1 spiro atoms. The van der Waals surface area contributed by atoms with E-state index in [1.54, 1.807) is 12.0 Å². The molecule has 0 bridgehead atoms. The Morgan fingerprint density at radius 3 is 2.27 bits per heavy atom. The van der Waals surface area contributed by atoms with E-state index in [0.717, 1.165) is 11.3 Å². The maximum atomic E-state index is 12.9. The molecule has 1 aromatic carbocycles. The Balaban J connectivity index is 1.50. The van der Waals surface area contributed by atoms with Crippen LogP contribution >= 0.6 is 0 Å². The molecule has 1 aromatic rings. The second-order valence-corrected chi connectivity index (χ2v) is 8.47. The summed E-state index contributed by atoms with van der Waals surface area (Å²) in [6.07, 6.45) is 1.28. The van der Waals surface area contributed by atoms with E-state index in [9.17, 15) is 14.4 Å². The normalized spacial score (nSPS) is 18.8. The molecule has 30 heavy (non-hydrogen) atoms. The molecule has 2 fully saturated rings. The first-order chi connectivity index (χ1) is 14.3. The summed E-state index contributed by atoms with van der Waals surface area (Å²) >= 11 is 0. The number of piperidine rings is 1. The Morgan fingerprint density at radius 1 is 1.13 bits per heavy atom. The Labute approximate surface area is 177 Å². The largest absolute Gasteiger partial charge is 0.497 e. The van der Waals surface area contributed by atoms with Gasteiger partial charge < -0.3 is 24.6 Å². The van der Waals surface area contributed by atoms with Crippen molar-refractivity contribution >= 4 is 17.9 Å². The van der Waals surface area contributed by atoms with E-state index in [1.807, 2.05) is 43.0 Å². The number of nitrogens with zero attached hydrogens (tertiary/aromatic N) is 2. The number of hydrogen-bond donors (Lipinski definition) is 1. The maximum Gasteiger partial charge on any atom is 0.328 e. The van der Waals surface area contributed by atoms with Crippen molar-refractivity contribution in [1.29, 1.82) is 0 Å². The van der Waals surface area contributed by atoms with Crippen LogP contribution < -0.4 is 10.1 Å². The van der Waals surface area contributed by atoms with Crippen molar-refractivity contribution in [1.82, 2.24) is 15.1 Å². The quantitative estimate of drug-likeness (QED) is 0.565. The molecule has 0 radical (unpaired) electrons. The average Bonchev–Trinajstić information content (AvgIpc) is 2.76. The van der Waals surface area contributed by atoms with Crippen LogP contribution in [0.5, 0.6) is 5.75 Å². The minimum absolute atomic E-state index is 0.0720. The Kier molecular flexibility index (Phi) is 6.53. The lowest BCUT2D eigenvalue weighted by atomic mass is 9.71. The predicted molar refractivity (Wildman–Crippen MR) is 111 cm³/mol. The maximum absolute atomic E-state index is 12.9. The van der Waals surface area contributed by atoms with Crippen LogP contribution in [0.25, 0.3) is 0 Å². The molecule has 2 heterocycles. The Bertz CT molecular complexity index is 784. The second kappa shape index (κ2) is 8.93. The highest BCUT2D eigenvalue weighted by molar-refractivity contribution is 5.89. The van der Waals surface area contributed by atoms with Crippen molar-refractivity contribution in [2.45, 2.75) is 39.3 Å². The average molecular weight is 418 g/mol. The second-order valence-electron chi connectivity index (χ2n) is 8.47. The molecular formula is C22H31N3O5. The first-order valence-corrected chi connectivity index (χ1v) is 10.4. The van der Waals surface area contributed by atoms with Crippen molar-refractivity contribution in [3.63, 3.8) is 0 Å². The lowest BCUT2D eigenvalue weighted by Gasteiger charge is -2.52. The molecule has 0 aliphatic carbocycles. The molecule has 0 aromatic heterocycles. The highest BCUT2D eigenvalue weighted by Crippen LogP contribution is 2.42. The van der Waals surface area contributed by atoms with Crippen molar-refractivity contribution in [2.24, 2.45) is 11.3 Å². The van der Waals surface area contributed by atoms with Crippen LogP contribution in [0.15, 0.2) is 24.3 Å². The van der Waals surface area contributed by atoms with Gasteiger partial charge in [0.25, 0.3) is 0 Å². The number of esters is 1. The van der Waals surface area contributed by atoms with E-state index in [0.29, 0.717) is 39.0 Å². The smallest absolute Gasteiger partial charge is 0.328 e. The number of methoxy groups -OCH3 is 2. The number of carbonyl (C=O) groups is 3. The van der Waals surface area contributed by atoms with Crippen LogP contribution in [0.3, 0.4) is 0 Å². The fraction of sp³-hybridized carbons (Fsp3) is 0.591.